The van der Waals surface area contributed by atoms with Crippen LogP contribution < -0.4 is 10.5 Å². The molecule has 1 aromatic heterocycles. The molecule has 0 amide bonds. The molecule has 0 bridgehead atoms. The highest BCUT2D eigenvalue weighted by Gasteiger charge is 2.10. The minimum atomic E-state index is 0.409. The highest BCUT2D eigenvalue weighted by atomic mass is 79.9. The minimum absolute atomic E-state index is 0.409. The molecule has 0 unspecified atom stereocenters. The fourth-order valence-corrected chi connectivity index (χ4v) is 1.73. The van der Waals surface area contributed by atoms with E-state index in [-0.39, 0.29) is 0 Å². The molecular weight excluding hydrogens is 282 g/mol. The van der Waals surface area contributed by atoms with Crippen molar-refractivity contribution in [3.05, 3.63) is 46.7 Å². The molecule has 2 rings (SSSR count). The third kappa shape index (κ3) is 2.37. The molecule has 0 aliphatic heterocycles. The number of anilines is 1. The number of ether oxygens (including phenoxy) is 1. The highest BCUT2D eigenvalue weighted by molar-refractivity contribution is 9.10. The number of nitrogen functional groups attached to an aromatic ring is 1. The summed E-state index contributed by atoms with van der Waals surface area (Å²) in [6, 6.07) is 9.02. The number of nitrogens with two attached hydrogens (primary N) is 1. The van der Waals surface area contributed by atoms with Gasteiger partial charge in [0.1, 0.15) is 11.8 Å². The second-order valence-corrected chi connectivity index (χ2v) is 4.10. The van der Waals surface area contributed by atoms with Crippen LogP contribution in [0.25, 0.3) is 0 Å². The molecule has 2 aromatic rings. The van der Waals surface area contributed by atoms with Crippen molar-refractivity contribution in [2.75, 3.05) is 5.73 Å². The van der Waals surface area contributed by atoms with Crippen LogP contribution in [0.2, 0.25) is 0 Å². The Bertz CT molecular complexity index is 572. The third-order valence-corrected chi connectivity index (χ3v) is 2.67. The van der Waals surface area contributed by atoms with Crippen molar-refractivity contribution in [1.29, 1.82) is 5.26 Å². The molecule has 17 heavy (non-hydrogen) atoms. The van der Waals surface area contributed by atoms with Gasteiger partial charge in [0.2, 0.25) is 0 Å². The maximum Gasteiger partial charge on any atom is 0.167 e. The molecule has 0 aliphatic carbocycles. The first kappa shape index (κ1) is 11.4. The van der Waals surface area contributed by atoms with Gasteiger partial charge in [-0.2, -0.15) is 5.26 Å². The van der Waals surface area contributed by atoms with Crippen LogP contribution >= 0.6 is 15.9 Å². The van der Waals surface area contributed by atoms with Gasteiger partial charge in [-0.25, -0.2) is 0 Å². The summed E-state index contributed by atoms with van der Waals surface area (Å²) >= 11 is 3.30. The number of benzene rings is 1. The Morgan fingerprint density at radius 2 is 2.06 bits per heavy atom. The van der Waals surface area contributed by atoms with Crippen LogP contribution in [0.15, 0.2) is 41.1 Å². The smallest absolute Gasteiger partial charge is 0.167 e. The largest absolute Gasteiger partial charge is 0.452 e. The molecule has 0 fully saturated rings. The standard InChI is InChI=1S/C12H8BrN3O/c13-9-6-16-7-10(15)12(9)17-11-4-2-1-3-8(11)5-14/h1-4,6-7H,15H2. The summed E-state index contributed by atoms with van der Waals surface area (Å²) in [4.78, 5) is 3.91. The summed E-state index contributed by atoms with van der Waals surface area (Å²) in [5.41, 5.74) is 6.62. The van der Waals surface area contributed by atoms with Crippen LogP contribution in [0.1, 0.15) is 5.56 Å². The van der Waals surface area contributed by atoms with Gasteiger partial charge in [0.25, 0.3) is 0 Å². The van der Waals surface area contributed by atoms with E-state index in [0.29, 0.717) is 27.2 Å². The second kappa shape index (κ2) is 4.85. The van der Waals surface area contributed by atoms with Crippen LogP contribution in [0.4, 0.5) is 5.69 Å². The van der Waals surface area contributed by atoms with Crippen molar-refractivity contribution in [2.24, 2.45) is 0 Å². The highest BCUT2D eigenvalue weighted by Crippen LogP contribution is 2.35. The number of rotatable bonds is 2. The van der Waals surface area contributed by atoms with Crippen molar-refractivity contribution < 1.29 is 4.74 Å². The summed E-state index contributed by atoms with van der Waals surface area (Å²) in [5, 5.41) is 8.95. The van der Waals surface area contributed by atoms with Gasteiger partial charge >= 0.3 is 0 Å². The molecule has 0 radical (unpaired) electrons. The van der Waals surface area contributed by atoms with Gasteiger partial charge in [0.15, 0.2) is 5.75 Å². The van der Waals surface area contributed by atoms with E-state index in [1.54, 1.807) is 30.5 Å². The van der Waals surface area contributed by atoms with Gasteiger partial charge in [-0.3, -0.25) is 4.98 Å². The molecule has 1 heterocycles. The van der Waals surface area contributed by atoms with Gasteiger partial charge < -0.3 is 10.5 Å². The fraction of sp³-hybridized carbons (Fsp3) is 0. The van der Waals surface area contributed by atoms with E-state index in [1.807, 2.05) is 0 Å². The topological polar surface area (TPSA) is 71.9 Å². The Hall–Kier alpha value is -2.06. The van der Waals surface area contributed by atoms with Crippen LogP contribution in [-0.2, 0) is 0 Å². The predicted octanol–water partition coefficient (Wildman–Crippen LogP) is 3.09. The lowest BCUT2D eigenvalue weighted by Crippen LogP contribution is -1.95. The van der Waals surface area contributed by atoms with Crippen molar-refractivity contribution in [3.8, 4) is 17.6 Å². The number of hydrogen-bond acceptors (Lipinski definition) is 4. The number of nitriles is 1. The molecule has 0 atom stereocenters. The molecule has 84 valence electrons. The number of para-hydroxylation sites is 1. The Kier molecular flexibility index (Phi) is 3.26. The normalized spacial score (nSPS) is 9.65. The predicted molar refractivity (Wildman–Crippen MR) is 67.6 cm³/mol. The van der Waals surface area contributed by atoms with E-state index in [2.05, 4.69) is 27.0 Å². The van der Waals surface area contributed by atoms with E-state index in [4.69, 9.17) is 15.7 Å². The number of nitrogens with zero attached hydrogens (tertiary/aromatic N) is 2. The van der Waals surface area contributed by atoms with Gasteiger partial charge in [-0.15, -0.1) is 0 Å². The number of pyridine rings is 1. The number of aromatic nitrogens is 1. The zero-order chi connectivity index (χ0) is 12.3. The van der Waals surface area contributed by atoms with Crippen molar-refractivity contribution >= 4 is 21.6 Å². The first-order chi connectivity index (χ1) is 8.22. The zero-order valence-electron chi connectivity index (χ0n) is 8.72. The Morgan fingerprint density at radius 3 is 2.76 bits per heavy atom. The first-order valence-corrected chi connectivity index (χ1v) is 5.57. The van der Waals surface area contributed by atoms with Crippen molar-refractivity contribution in [3.63, 3.8) is 0 Å². The van der Waals surface area contributed by atoms with Crippen molar-refractivity contribution in [2.45, 2.75) is 0 Å². The van der Waals surface area contributed by atoms with Gasteiger partial charge in [0, 0.05) is 6.20 Å². The molecule has 0 saturated carbocycles. The van der Waals surface area contributed by atoms with E-state index < -0.39 is 0 Å². The van der Waals surface area contributed by atoms with E-state index in [9.17, 15) is 0 Å². The molecular formula is C12H8BrN3O. The average molecular weight is 290 g/mol. The first-order valence-electron chi connectivity index (χ1n) is 4.78. The van der Waals surface area contributed by atoms with Crippen LogP contribution in [0.3, 0.4) is 0 Å². The van der Waals surface area contributed by atoms with Crippen LogP contribution in [-0.4, -0.2) is 4.98 Å². The Balaban J connectivity index is 2.42. The second-order valence-electron chi connectivity index (χ2n) is 3.25. The summed E-state index contributed by atoms with van der Waals surface area (Å²) in [6.45, 7) is 0. The third-order valence-electron chi connectivity index (χ3n) is 2.10. The van der Waals surface area contributed by atoms with Crippen LogP contribution in [0, 0.1) is 11.3 Å². The number of hydrogen-bond donors (Lipinski definition) is 1. The summed E-state index contributed by atoms with van der Waals surface area (Å²) in [5.74, 6) is 0.927. The molecule has 2 N–H and O–H groups in total. The number of halogens is 1. The van der Waals surface area contributed by atoms with E-state index in [1.165, 1.54) is 6.20 Å². The molecule has 0 saturated heterocycles. The lowest BCUT2D eigenvalue weighted by molar-refractivity contribution is 0.480. The minimum Gasteiger partial charge on any atom is -0.452 e. The monoisotopic (exact) mass is 289 g/mol. The molecule has 0 spiro atoms. The van der Waals surface area contributed by atoms with E-state index >= 15 is 0 Å². The summed E-state index contributed by atoms with van der Waals surface area (Å²) < 4.78 is 6.27. The van der Waals surface area contributed by atoms with Gasteiger partial charge in [-0.1, -0.05) is 12.1 Å². The van der Waals surface area contributed by atoms with Crippen LogP contribution in [0.5, 0.6) is 11.5 Å². The van der Waals surface area contributed by atoms with E-state index in [0.717, 1.165) is 0 Å². The maximum absolute atomic E-state index is 8.95. The molecule has 4 nitrogen and oxygen atoms in total. The van der Waals surface area contributed by atoms with Crippen molar-refractivity contribution in [1.82, 2.24) is 4.98 Å². The quantitative estimate of drug-likeness (QED) is 0.922. The maximum atomic E-state index is 8.95. The average Bonchev–Trinajstić information content (AvgIpc) is 2.34. The molecule has 0 aliphatic rings. The Labute approximate surface area is 107 Å². The lowest BCUT2D eigenvalue weighted by atomic mass is 10.2. The zero-order valence-corrected chi connectivity index (χ0v) is 10.3. The Morgan fingerprint density at radius 1 is 1.29 bits per heavy atom. The fourth-order valence-electron chi connectivity index (χ4n) is 1.30. The van der Waals surface area contributed by atoms with Gasteiger partial charge in [-0.05, 0) is 28.1 Å². The molecule has 1 aromatic carbocycles. The summed E-state index contributed by atoms with van der Waals surface area (Å²) in [7, 11) is 0. The van der Waals surface area contributed by atoms with Gasteiger partial charge in [0.05, 0.1) is 21.9 Å². The summed E-state index contributed by atoms with van der Waals surface area (Å²) in [6.07, 6.45) is 3.08. The SMILES string of the molecule is N#Cc1ccccc1Oc1c(N)cncc1Br. The lowest BCUT2D eigenvalue weighted by Gasteiger charge is -2.10. The molecule has 5 heteroatoms.